The van der Waals surface area contributed by atoms with E-state index >= 15 is 0 Å². The van der Waals surface area contributed by atoms with Crippen molar-refractivity contribution in [2.75, 3.05) is 18.1 Å². The first-order valence-electron chi connectivity index (χ1n) is 8.73. The summed E-state index contributed by atoms with van der Waals surface area (Å²) in [7, 11) is 0. The number of nitrogens with zero attached hydrogens (tertiary/aromatic N) is 1. The van der Waals surface area contributed by atoms with Gasteiger partial charge in [0.1, 0.15) is 5.75 Å². The van der Waals surface area contributed by atoms with Crippen LogP contribution in [0.3, 0.4) is 0 Å². The van der Waals surface area contributed by atoms with Gasteiger partial charge in [-0.05, 0) is 30.4 Å². The third kappa shape index (κ3) is 2.17. The minimum absolute atomic E-state index is 0.0172. The number of carbonyl (C=O) groups excluding carboxylic acids is 1. The Morgan fingerprint density at radius 1 is 1.12 bits per heavy atom. The van der Waals surface area contributed by atoms with Crippen LogP contribution < -0.4 is 15.0 Å². The van der Waals surface area contributed by atoms with E-state index in [4.69, 9.17) is 4.74 Å². The van der Waals surface area contributed by atoms with Crippen LogP contribution in [0.2, 0.25) is 0 Å². The summed E-state index contributed by atoms with van der Waals surface area (Å²) in [6, 6.07) is 14.3. The normalized spacial score (nSPS) is 21.8. The fourth-order valence-electron chi connectivity index (χ4n) is 3.85. The number of rotatable bonds is 3. The quantitative estimate of drug-likeness (QED) is 0.938. The van der Waals surface area contributed by atoms with Crippen molar-refractivity contribution in [3.63, 3.8) is 0 Å². The van der Waals surface area contributed by atoms with Crippen molar-refractivity contribution in [3.8, 4) is 5.75 Å². The summed E-state index contributed by atoms with van der Waals surface area (Å²) in [6.45, 7) is 1.53. The van der Waals surface area contributed by atoms with Crippen molar-refractivity contribution in [1.82, 2.24) is 5.32 Å². The standard InChI is InChI=1S/C20H20N2O2/c23-20-21-18(14-4-2-1-3-5-14)16-8-9-17-15(10-11-24-17)19(16)22(20)12-13-6-7-13/h1-5,8-9,13,18H,6-7,10-12H2,(H,21,23). The lowest BCUT2D eigenvalue weighted by Crippen LogP contribution is -2.48. The Labute approximate surface area is 141 Å². The van der Waals surface area contributed by atoms with E-state index < -0.39 is 0 Å². The van der Waals surface area contributed by atoms with Gasteiger partial charge in [0.15, 0.2) is 0 Å². The Morgan fingerprint density at radius 2 is 1.96 bits per heavy atom. The zero-order valence-electron chi connectivity index (χ0n) is 13.5. The number of carbonyl (C=O) groups is 1. The molecule has 0 spiro atoms. The summed E-state index contributed by atoms with van der Waals surface area (Å²) < 4.78 is 5.75. The highest BCUT2D eigenvalue weighted by molar-refractivity contribution is 5.97. The van der Waals surface area contributed by atoms with Gasteiger partial charge in [-0.2, -0.15) is 0 Å². The van der Waals surface area contributed by atoms with E-state index in [9.17, 15) is 4.79 Å². The summed E-state index contributed by atoms with van der Waals surface area (Å²) in [4.78, 5) is 14.8. The zero-order chi connectivity index (χ0) is 16.1. The molecule has 2 aromatic rings. The molecule has 3 aliphatic rings. The third-order valence-corrected chi connectivity index (χ3v) is 5.25. The van der Waals surface area contributed by atoms with Crippen molar-refractivity contribution >= 4 is 11.7 Å². The highest BCUT2D eigenvalue weighted by atomic mass is 16.5. The first-order valence-corrected chi connectivity index (χ1v) is 8.73. The molecule has 1 aliphatic carbocycles. The van der Waals surface area contributed by atoms with Crippen LogP contribution in [0.15, 0.2) is 42.5 Å². The number of hydrogen-bond donors (Lipinski definition) is 1. The number of anilines is 1. The van der Waals surface area contributed by atoms with Gasteiger partial charge in [0.25, 0.3) is 0 Å². The van der Waals surface area contributed by atoms with Gasteiger partial charge >= 0.3 is 6.03 Å². The molecule has 4 heteroatoms. The number of ether oxygens (including phenoxy) is 1. The van der Waals surface area contributed by atoms with Crippen LogP contribution in [0.1, 0.15) is 35.6 Å². The molecule has 0 saturated heterocycles. The van der Waals surface area contributed by atoms with Gasteiger partial charge in [0.2, 0.25) is 0 Å². The number of urea groups is 1. The smallest absolute Gasteiger partial charge is 0.322 e. The van der Waals surface area contributed by atoms with Crippen LogP contribution in [0.4, 0.5) is 10.5 Å². The number of nitrogens with one attached hydrogen (secondary N) is 1. The minimum atomic E-state index is -0.0879. The number of fused-ring (bicyclic) bond motifs is 3. The van der Waals surface area contributed by atoms with Gasteiger partial charge in [-0.3, -0.25) is 4.90 Å². The Hall–Kier alpha value is -2.49. The van der Waals surface area contributed by atoms with E-state index in [0.29, 0.717) is 12.5 Å². The highest BCUT2D eigenvalue weighted by Crippen LogP contribution is 2.44. The SMILES string of the molecule is O=C1NC(c2ccccc2)c2ccc3c(c2N1CC1CC1)CCO3. The van der Waals surface area contributed by atoms with E-state index in [0.717, 1.165) is 30.0 Å². The predicted molar refractivity (Wildman–Crippen MR) is 92.5 cm³/mol. The molecule has 122 valence electrons. The summed E-state index contributed by atoms with van der Waals surface area (Å²) >= 11 is 0. The molecule has 4 nitrogen and oxygen atoms in total. The van der Waals surface area contributed by atoms with Crippen LogP contribution in [-0.4, -0.2) is 19.2 Å². The zero-order valence-corrected chi connectivity index (χ0v) is 13.5. The number of benzene rings is 2. The lowest BCUT2D eigenvalue weighted by molar-refractivity contribution is 0.242. The molecule has 2 amide bonds. The van der Waals surface area contributed by atoms with Crippen LogP contribution in [0.5, 0.6) is 5.75 Å². The Bertz CT molecular complexity index is 799. The van der Waals surface area contributed by atoms with Gasteiger partial charge < -0.3 is 10.1 Å². The largest absolute Gasteiger partial charge is 0.493 e. The summed E-state index contributed by atoms with van der Waals surface area (Å²) in [6.07, 6.45) is 3.34. The average molecular weight is 320 g/mol. The maximum atomic E-state index is 12.9. The van der Waals surface area contributed by atoms with Crippen molar-refractivity contribution in [3.05, 3.63) is 59.2 Å². The van der Waals surface area contributed by atoms with Gasteiger partial charge in [-0.15, -0.1) is 0 Å². The van der Waals surface area contributed by atoms with E-state index in [1.165, 1.54) is 24.0 Å². The monoisotopic (exact) mass is 320 g/mol. The summed E-state index contributed by atoms with van der Waals surface area (Å²) in [5, 5.41) is 3.21. The molecule has 0 aromatic heterocycles. The van der Waals surface area contributed by atoms with Crippen LogP contribution in [0.25, 0.3) is 0 Å². The molecule has 1 atom stereocenters. The molecule has 2 aliphatic heterocycles. The summed E-state index contributed by atoms with van der Waals surface area (Å²) in [5.74, 6) is 1.59. The molecule has 1 fully saturated rings. The van der Waals surface area contributed by atoms with Crippen molar-refractivity contribution in [2.45, 2.75) is 25.3 Å². The molecule has 2 heterocycles. The lowest BCUT2D eigenvalue weighted by atomic mass is 9.91. The van der Waals surface area contributed by atoms with Gasteiger partial charge in [0.05, 0.1) is 18.3 Å². The minimum Gasteiger partial charge on any atom is -0.493 e. The van der Waals surface area contributed by atoms with Crippen molar-refractivity contribution in [2.24, 2.45) is 5.92 Å². The second kappa shape index (κ2) is 5.26. The Morgan fingerprint density at radius 3 is 2.75 bits per heavy atom. The van der Waals surface area contributed by atoms with Crippen LogP contribution in [-0.2, 0) is 6.42 Å². The van der Waals surface area contributed by atoms with E-state index in [1.807, 2.05) is 23.1 Å². The molecule has 2 aromatic carbocycles. The van der Waals surface area contributed by atoms with E-state index in [1.54, 1.807) is 0 Å². The molecular formula is C20H20N2O2. The number of hydrogen-bond acceptors (Lipinski definition) is 2. The predicted octanol–water partition coefficient (Wildman–Crippen LogP) is 3.65. The first-order chi connectivity index (χ1) is 11.8. The maximum absolute atomic E-state index is 12.9. The fraction of sp³-hybridized carbons (Fsp3) is 0.350. The van der Waals surface area contributed by atoms with Crippen LogP contribution in [0, 0.1) is 5.92 Å². The molecule has 1 N–H and O–H groups in total. The fourth-order valence-corrected chi connectivity index (χ4v) is 3.85. The first kappa shape index (κ1) is 13.9. The van der Waals surface area contributed by atoms with Crippen molar-refractivity contribution in [1.29, 1.82) is 0 Å². The lowest BCUT2D eigenvalue weighted by Gasteiger charge is -2.36. The molecule has 0 bridgehead atoms. The van der Waals surface area contributed by atoms with Crippen LogP contribution >= 0.6 is 0 Å². The molecule has 1 saturated carbocycles. The topological polar surface area (TPSA) is 41.6 Å². The second-order valence-electron chi connectivity index (χ2n) is 6.93. The highest BCUT2D eigenvalue weighted by Gasteiger charge is 2.38. The number of amides is 2. The van der Waals surface area contributed by atoms with E-state index in [-0.39, 0.29) is 12.1 Å². The molecular weight excluding hydrogens is 300 g/mol. The summed E-state index contributed by atoms with van der Waals surface area (Å²) in [5.41, 5.74) is 4.60. The van der Waals surface area contributed by atoms with E-state index in [2.05, 4.69) is 29.6 Å². The average Bonchev–Trinajstić information content (AvgIpc) is 3.30. The molecule has 24 heavy (non-hydrogen) atoms. The third-order valence-electron chi connectivity index (χ3n) is 5.25. The van der Waals surface area contributed by atoms with Gasteiger partial charge in [-0.1, -0.05) is 36.4 Å². The van der Waals surface area contributed by atoms with Crippen molar-refractivity contribution < 1.29 is 9.53 Å². The maximum Gasteiger partial charge on any atom is 0.322 e. The molecule has 1 unspecified atom stereocenters. The van der Waals surface area contributed by atoms with Gasteiger partial charge in [0, 0.05) is 24.1 Å². The Balaban J connectivity index is 1.66. The molecule has 0 radical (unpaired) electrons. The second-order valence-corrected chi connectivity index (χ2v) is 6.93. The molecule has 5 rings (SSSR count). The van der Waals surface area contributed by atoms with Gasteiger partial charge in [-0.25, -0.2) is 4.79 Å². The Kier molecular flexibility index (Phi) is 3.05.